The van der Waals surface area contributed by atoms with Crippen LogP contribution in [0.2, 0.25) is 0 Å². The van der Waals surface area contributed by atoms with E-state index in [4.69, 9.17) is 5.73 Å². The van der Waals surface area contributed by atoms with Crippen LogP contribution in [0, 0.1) is 5.92 Å². The lowest BCUT2D eigenvalue weighted by Crippen LogP contribution is -2.55. The van der Waals surface area contributed by atoms with Crippen molar-refractivity contribution in [2.24, 2.45) is 11.7 Å². The molecule has 2 aliphatic rings. The first kappa shape index (κ1) is 12.9. The fraction of sp³-hybridized carbons (Fsp3) is 0.667. The van der Waals surface area contributed by atoms with Crippen molar-refractivity contribution in [3.05, 3.63) is 24.4 Å². The van der Waals surface area contributed by atoms with Crippen molar-refractivity contribution in [3.8, 4) is 0 Å². The van der Waals surface area contributed by atoms with E-state index in [0.717, 1.165) is 44.5 Å². The number of pyridine rings is 1. The molecule has 4 heteroatoms. The first-order valence-electron chi connectivity index (χ1n) is 7.32. The molecule has 1 saturated carbocycles. The van der Waals surface area contributed by atoms with E-state index in [1.165, 1.54) is 12.8 Å². The zero-order valence-corrected chi connectivity index (χ0v) is 11.8. The summed E-state index contributed by atoms with van der Waals surface area (Å²) in [5.74, 6) is 1.85. The molecule has 1 saturated heterocycles. The number of nitrogens with zero attached hydrogens (tertiary/aromatic N) is 3. The highest BCUT2D eigenvalue weighted by Gasteiger charge is 2.39. The molecule has 1 aromatic rings. The predicted molar refractivity (Wildman–Crippen MR) is 78.2 cm³/mol. The van der Waals surface area contributed by atoms with Gasteiger partial charge < -0.3 is 10.6 Å². The molecule has 1 aliphatic heterocycles. The maximum atomic E-state index is 6.43. The molecule has 19 heavy (non-hydrogen) atoms. The summed E-state index contributed by atoms with van der Waals surface area (Å²) in [5.41, 5.74) is 6.44. The van der Waals surface area contributed by atoms with Crippen LogP contribution >= 0.6 is 0 Å². The minimum atomic E-state index is 0.00711. The van der Waals surface area contributed by atoms with Crippen molar-refractivity contribution in [2.45, 2.75) is 25.3 Å². The monoisotopic (exact) mass is 260 g/mol. The molecule has 104 valence electrons. The van der Waals surface area contributed by atoms with Crippen LogP contribution in [0.4, 0.5) is 5.82 Å². The van der Waals surface area contributed by atoms with E-state index in [1.807, 2.05) is 12.3 Å². The summed E-state index contributed by atoms with van der Waals surface area (Å²) in [5, 5.41) is 0. The third-order valence-electron chi connectivity index (χ3n) is 4.42. The number of piperazine rings is 1. The Labute approximate surface area is 115 Å². The summed E-state index contributed by atoms with van der Waals surface area (Å²) < 4.78 is 0. The van der Waals surface area contributed by atoms with Gasteiger partial charge in [0, 0.05) is 44.5 Å². The molecule has 1 atom stereocenters. The third-order valence-corrected chi connectivity index (χ3v) is 4.42. The second kappa shape index (κ2) is 5.10. The Morgan fingerprint density at radius 2 is 2.00 bits per heavy atom. The van der Waals surface area contributed by atoms with Crippen LogP contribution in [-0.4, -0.2) is 48.1 Å². The molecule has 0 aromatic carbocycles. The van der Waals surface area contributed by atoms with Gasteiger partial charge in [0.2, 0.25) is 0 Å². The Hall–Kier alpha value is -1.13. The Bertz CT molecular complexity index is 405. The van der Waals surface area contributed by atoms with Crippen molar-refractivity contribution in [1.29, 1.82) is 0 Å². The van der Waals surface area contributed by atoms with Gasteiger partial charge in [-0.3, -0.25) is 4.90 Å². The number of hydrogen-bond donors (Lipinski definition) is 1. The number of hydrogen-bond acceptors (Lipinski definition) is 4. The van der Waals surface area contributed by atoms with Gasteiger partial charge in [0.1, 0.15) is 5.82 Å². The zero-order chi connectivity index (χ0) is 13.3. The molecular weight excluding hydrogens is 236 g/mol. The summed E-state index contributed by atoms with van der Waals surface area (Å²) in [6.45, 7) is 7.55. The molecule has 0 amide bonds. The van der Waals surface area contributed by atoms with Crippen LogP contribution < -0.4 is 10.6 Å². The standard InChI is InChI=1S/C15H24N4/c1-15(16,13-5-6-13)12-18-8-10-19(11-9-18)14-4-2-3-7-17-14/h2-4,7,13H,5-6,8-12,16H2,1H3. The van der Waals surface area contributed by atoms with Crippen LogP contribution in [-0.2, 0) is 0 Å². The number of anilines is 1. The molecule has 2 N–H and O–H groups in total. The molecular formula is C15H24N4. The van der Waals surface area contributed by atoms with Crippen LogP contribution in [0.25, 0.3) is 0 Å². The fourth-order valence-electron chi connectivity index (χ4n) is 3.03. The summed E-state index contributed by atoms with van der Waals surface area (Å²) in [7, 11) is 0. The summed E-state index contributed by atoms with van der Waals surface area (Å²) in [4.78, 5) is 9.30. The topological polar surface area (TPSA) is 45.4 Å². The van der Waals surface area contributed by atoms with E-state index < -0.39 is 0 Å². The molecule has 2 heterocycles. The van der Waals surface area contributed by atoms with Gasteiger partial charge in [-0.15, -0.1) is 0 Å². The first-order valence-corrected chi connectivity index (χ1v) is 7.32. The highest BCUT2D eigenvalue weighted by atomic mass is 15.3. The highest BCUT2D eigenvalue weighted by Crippen LogP contribution is 2.38. The average Bonchev–Trinajstić information content (AvgIpc) is 3.25. The Morgan fingerprint density at radius 1 is 1.26 bits per heavy atom. The van der Waals surface area contributed by atoms with Gasteiger partial charge in [-0.2, -0.15) is 0 Å². The second-order valence-corrected chi connectivity index (χ2v) is 6.23. The molecule has 0 bridgehead atoms. The average molecular weight is 260 g/mol. The summed E-state index contributed by atoms with van der Waals surface area (Å²) >= 11 is 0. The van der Waals surface area contributed by atoms with Crippen LogP contribution in [0.3, 0.4) is 0 Å². The quantitative estimate of drug-likeness (QED) is 0.887. The smallest absolute Gasteiger partial charge is 0.128 e. The Morgan fingerprint density at radius 3 is 2.58 bits per heavy atom. The Kier molecular flexibility index (Phi) is 3.46. The summed E-state index contributed by atoms with van der Waals surface area (Å²) in [6.07, 6.45) is 4.51. The van der Waals surface area contributed by atoms with E-state index in [1.54, 1.807) is 0 Å². The normalized spacial score (nSPS) is 24.2. The molecule has 1 unspecified atom stereocenters. The molecule has 3 rings (SSSR count). The Balaban J connectivity index is 1.52. The number of rotatable bonds is 4. The molecule has 1 aliphatic carbocycles. The molecule has 1 aromatic heterocycles. The fourth-order valence-corrected chi connectivity index (χ4v) is 3.03. The number of aromatic nitrogens is 1. The lowest BCUT2D eigenvalue weighted by atomic mass is 9.96. The van der Waals surface area contributed by atoms with Crippen molar-refractivity contribution in [3.63, 3.8) is 0 Å². The highest BCUT2D eigenvalue weighted by molar-refractivity contribution is 5.38. The summed E-state index contributed by atoms with van der Waals surface area (Å²) in [6, 6.07) is 6.11. The molecule has 0 radical (unpaired) electrons. The van der Waals surface area contributed by atoms with E-state index in [9.17, 15) is 0 Å². The molecule has 4 nitrogen and oxygen atoms in total. The molecule has 2 fully saturated rings. The third kappa shape index (κ3) is 3.07. The minimum absolute atomic E-state index is 0.00711. The van der Waals surface area contributed by atoms with Crippen molar-refractivity contribution in [2.75, 3.05) is 37.6 Å². The van der Waals surface area contributed by atoms with Crippen molar-refractivity contribution >= 4 is 5.82 Å². The van der Waals surface area contributed by atoms with Crippen LogP contribution in [0.1, 0.15) is 19.8 Å². The largest absolute Gasteiger partial charge is 0.354 e. The number of nitrogens with two attached hydrogens (primary N) is 1. The van der Waals surface area contributed by atoms with Crippen molar-refractivity contribution < 1.29 is 0 Å². The molecule has 0 spiro atoms. The van der Waals surface area contributed by atoms with Gasteiger partial charge >= 0.3 is 0 Å². The minimum Gasteiger partial charge on any atom is -0.354 e. The van der Waals surface area contributed by atoms with E-state index in [0.29, 0.717) is 0 Å². The second-order valence-electron chi connectivity index (χ2n) is 6.23. The van der Waals surface area contributed by atoms with Crippen molar-refractivity contribution in [1.82, 2.24) is 9.88 Å². The van der Waals surface area contributed by atoms with E-state index >= 15 is 0 Å². The first-order chi connectivity index (χ1) is 9.15. The van der Waals surface area contributed by atoms with Gasteiger partial charge in [0.15, 0.2) is 0 Å². The van der Waals surface area contributed by atoms with E-state index in [-0.39, 0.29) is 5.54 Å². The van der Waals surface area contributed by atoms with E-state index in [2.05, 4.69) is 33.8 Å². The van der Waals surface area contributed by atoms with Gasteiger partial charge in [0.25, 0.3) is 0 Å². The lowest BCUT2D eigenvalue weighted by molar-refractivity contribution is 0.192. The van der Waals surface area contributed by atoms with Crippen LogP contribution in [0.5, 0.6) is 0 Å². The van der Waals surface area contributed by atoms with Gasteiger partial charge in [-0.05, 0) is 37.8 Å². The maximum Gasteiger partial charge on any atom is 0.128 e. The van der Waals surface area contributed by atoms with Gasteiger partial charge in [0.05, 0.1) is 0 Å². The SMILES string of the molecule is CC(N)(CN1CCN(c2ccccn2)CC1)C1CC1. The lowest BCUT2D eigenvalue weighted by Gasteiger charge is -2.39. The van der Waals surface area contributed by atoms with Gasteiger partial charge in [-0.25, -0.2) is 4.98 Å². The maximum absolute atomic E-state index is 6.43. The zero-order valence-electron chi connectivity index (χ0n) is 11.8. The predicted octanol–water partition coefficient (Wildman–Crippen LogP) is 1.33. The van der Waals surface area contributed by atoms with Crippen LogP contribution in [0.15, 0.2) is 24.4 Å². The van der Waals surface area contributed by atoms with Gasteiger partial charge in [-0.1, -0.05) is 6.07 Å².